The first-order valence-electron chi connectivity index (χ1n) is 5.47. The predicted octanol–water partition coefficient (Wildman–Crippen LogP) is 1.88. The zero-order valence-electron chi connectivity index (χ0n) is 9.04. The number of nitrogens with one attached hydrogen (secondary N) is 1. The first-order chi connectivity index (χ1) is 7.75. The maximum atomic E-state index is 11.8. The Morgan fingerprint density at radius 1 is 1.44 bits per heavy atom. The standard InChI is InChI=1S/C11H15ClN2OS/c12-11-2-1-10(16-11)9(15)3-6-14-7-4-13-5-8-14/h1-2,13H,3-8H2. The number of carbonyl (C=O) groups is 1. The molecule has 2 rings (SSSR count). The van der Waals surface area contributed by atoms with Gasteiger partial charge >= 0.3 is 0 Å². The number of rotatable bonds is 4. The Morgan fingerprint density at radius 2 is 2.19 bits per heavy atom. The van der Waals surface area contributed by atoms with E-state index >= 15 is 0 Å². The van der Waals surface area contributed by atoms with Crippen molar-refractivity contribution in [2.45, 2.75) is 6.42 Å². The van der Waals surface area contributed by atoms with E-state index in [1.165, 1.54) is 11.3 Å². The van der Waals surface area contributed by atoms with Crippen LogP contribution in [0.4, 0.5) is 0 Å². The molecule has 0 spiro atoms. The van der Waals surface area contributed by atoms with Crippen LogP contribution in [-0.4, -0.2) is 43.4 Å². The lowest BCUT2D eigenvalue weighted by molar-refractivity contribution is 0.0964. The van der Waals surface area contributed by atoms with Crippen molar-refractivity contribution in [1.29, 1.82) is 0 Å². The van der Waals surface area contributed by atoms with Crippen LogP contribution in [-0.2, 0) is 0 Å². The highest BCUT2D eigenvalue weighted by molar-refractivity contribution is 7.18. The van der Waals surface area contributed by atoms with Crippen molar-refractivity contribution < 1.29 is 4.79 Å². The fraction of sp³-hybridized carbons (Fsp3) is 0.545. The first-order valence-corrected chi connectivity index (χ1v) is 6.67. The molecular weight excluding hydrogens is 244 g/mol. The van der Waals surface area contributed by atoms with Gasteiger partial charge in [0.1, 0.15) is 0 Å². The number of Topliss-reactive ketones (excluding diaryl/α,β-unsaturated/α-hetero) is 1. The van der Waals surface area contributed by atoms with Crippen LogP contribution in [0.1, 0.15) is 16.1 Å². The lowest BCUT2D eigenvalue weighted by Crippen LogP contribution is -2.44. The van der Waals surface area contributed by atoms with Gasteiger partial charge in [0.15, 0.2) is 5.78 Å². The van der Waals surface area contributed by atoms with Gasteiger partial charge in [-0.2, -0.15) is 0 Å². The molecule has 1 N–H and O–H groups in total. The maximum Gasteiger partial charge on any atom is 0.174 e. The van der Waals surface area contributed by atoms with Gasteiger partial charge in [0, 0.05) is 39.1 Å². The van der Waals surface area contributed by atoms with Crippen molar-refractivity contribution in [2.24, 2.45) is 0 Å². The Morgan fingerprint density at radius 3 is 2.81 bits per heavy atom. The molecule has 2 heterocycles. The molecule has 0 radical (unpaired) electrons. The van der Waals surface area contributed by atoms with Gasteiger partial charge in [0.05, 0.1) is 9.21 Å². The average molecular weight is 259 g/mol. The molecule has 1 saturated heterocycles. The number of hydrogen-bond acceptors (Lipinski definition) is 4. The Balaban J connectivity index is 1.79. The zero-order chi connectivity index (χ0) is 11.4. The van der Waals surface area contributed by atoms with Crippen LogP contribution >= 0.6 is 22.9 Å². The molecule has 1 aliphatic heterocycles. The molecule has 0 unspecified atom stereocenters. The summed E-state index contributed by atoms with van der Waals surface area (Å²) < 4.78 is 0.686. The van der Waals surface area contributed by atoms with Gasteiger partial charge in [-0.05, 0) is 12.1 Å². The van der Waals surface area contributed by atoms with E-state index in [4.69, 9.17) is 11.6 Å². The van der Waals surface area contributed by atoms with Crippen LogP contribution in [0.3, 0.4) is 0 Å². The Bertz CT molecular complexity index is 361. The SMILES string of the molecule is O=C(CCN1CCNCC1)c1ccc(Cl)s1. The topological polar surface area (TPSA) is 32.3 Å². The highest BCUT2D eigenvalue weighted by atomic mass is 35.5. The van der Waals surface area contributed by atoms with E-state index in [0.29, 0.717) is 10.8 Å². The molecule has 0 atom stereocenters. The minimum Gasteiger partial charge on any atom is -0.314 e. The van der Waals surface area contributed by atoms with Gasteiger partial charge in [-0.25, -0.2) is 0 Å². The third-order valence-electron chi connectivity index (χ3n) is 2.71. The summed E-state index contributed by atoms with van der Waals surface area (Å²) >= 11 is 7.17. The number of nitrogens with zero attached hydrogens (tertiary/aromatic N) is 1. The molecule has 0 aromatic carbocycles. The second-order valence-electron chi connectivity index (χ2n) is 3.87. The number of ketones is 1. The molecule has 0 amide bonds. The van der Waals surface area contributed by atoms with Crippen molar-refractivity contribution in [3.8, 4) is 0 Å². The van der Waals surface area contributed by atoms with E-state index in [1.54, 1.807) is 6.07 Å². The van der Waals surface area contributed by atoms with Gasteiger partial charge in [0.2, 0.25) is 0 Å². The van der Waals surface area contributed by atoms with Crippen molar-refractivity contribution >= 4 is 28.7 Å². The number of halogens is 1. The number of hydrogen-bond donors (Lipinski definition) is 1. The van der Waals surface area contributed by atoms with Crippen molar-refractivity contribution in [3.05, 3.63) is 21.3 Å². The smallest absolute Gasteiger partial charge is 0.174 e. The van der Waals surface area contributed by atoms with Gasteiger partial charge in [0.25, 0.3) is 0 Å². The minimum atomic E-state index is 0.204. The number of piperazine rings is 1. The van der Waals surface area contributed by atoms with Gasteiger partial charge < -0.3 is 10.2 Å². The lowest BCUT2D eigenvalue weighted by Gasteiger charge is -2.26. The molecule has 0 bridgehead atoms. The van der Waals surface area contributed by atoms with E-state index in [0.717, 1.165) is 37.6 Å². The molecule has 1 fully saturated rings. The van der Waals surface area contributed by atoms with Crippen molar-refractivity contribution in [3.63, 3.8) is 0 Å². The van der Waals surface area contributed by atoms with Crippen LogP contribution in [0.15, 0.2) is 12.1 Å². The zero-order valence-corrected chi connectivity index (χ0v) is 10.6. The third-order valence-corrected chi connectivity index (χ3v) is 3.98. The van der Waals surface area contributed by atoms with Gasteiger partial charge in [-0.1, -0.05) is 11.6 Å². The molecule has 1 aliphatic rings. The molecule has 16 heavy (non-hydrogen) atoms. The van der Waals surface area contributed by atoms with Crippen LogP contribution < -0.4 is 5.32 Å². The van der Waals surface area contributed by atoms with E-state index in [-0.39, 0.29) is 5.78 Å². The highest BCUT2D eigenvalue weighted by Crippen LogP contribution is 2.22. The summed E-state index contributed by atoms with van der Waals surface area (Å²) in [5, 5.41) is 3.30. The van der Waals surface area contributed by atoms with E-state index in [9.17, 15) is 4.79 Å². The Labute approximate surface area is 104 Å². The average Bonchev–Trinajstić information content (AvgIpc) is 2.74. The molecule has 88 valence electrons. The monoisotopic (exact) mass is 258 g/mol. The molecular formula is C11H15ClN2OS. The molecule has 0 saturated carbocycles. The number of thiophene rings is 1. The summed E-state index contributed by atoms with van der Waals surface area (Å²) in [4.78, 5) is 14.9. The second-order valence-corrected chi connectivity index (χ2v) is 5.58. The molecule has 3 nitrogen and oxygen atoms in total. The number of carbonyl (C=O) groups excluding carboxylic acids is 1. The lowest BCUT2D eigenvalue weighted by atomic mass is 10.2. The molecule has 1 aromatic rings. The van der Waals surface area contributed by atoms with Crippen LogP contribution in [0.2, 0.25) is 4.34 Å². The second kappa shape index (κ2) is 5.77. The van der Waals surface area contributed by atoms with Crippen LogP contribution in [0.5, 0.6) is 0 Å². The van der Waals surface area contributed by atoms with E-state index in [1.807, 2.05) is 6.07 Å². The fourth-order valence-corrected chi connectivity index (χ4v) is 2.79. The van der Waals surface area contributed by atoms with E-state index in [2.05, 4.69) is 10.2 Å². The van der Waals surface area contributed by atoms with Crippen LogP contribution in [0.25, 0.3) is 0 Å². The summed E-state index contributed by atoms with van der Waals surface area (Å²) in [5.74, 6) is 0.204. The minimum absolute atomic E-state index is 0.204. The summed E-state index contributed by atoms with van der Waals surface area (Å²) in [6, 6.07) is 3.59. The van der Waals surface area contributed by atoms with Crippen molar-refractivity contribution in [1.82, 2.24) is 10.2 Å². The largest absolute Gasteiger partial charge is 0.314 e. The van der Waals surface area contributed by atoms with Crippen molar-refractivity contribution in [2.75, 3.05) is 32.7 Å². The van der Waals surface area contributed by atoms with Gasteiger partial charge in [-0.3, -0.25) is 4.79 Å². The first kappa shape index (κ1) is 12.0. The normalized spacial score (nSPS) is 17.6. The molecule has 5 heteroatoms. The summed E-state index contributed by atoms with van der Waals surface area (Å²) in [5.41, 5.74) is 0. The fourth-order valence-electron chi connectivity index (χ4n) is 1.78. The van der Waals surface area contributed by atoms with E-state index < -0.39 is 0 Å². The summed E-state index contributed by atoms with van der Waals surface area (Å²) in [6.45, 7) is 4.99. The summed E-state index contributed by atoms with van der Waals surface area (Å²) in [7, 11) is 0. The highest BCUT2D eigenvalue weighted by Gasteiger charge is 2.13. The Kier molecular flexibility index (Phi) is 4.35. The summed E-state index contributed by atoms with van der Waals surface area (Å²) in [6.07, 6.45) is 0.594. The maximum absolute atomic E-state index is 11.8. The molecule has 1 aromatic heterocycles. The quantitative estimate of drug-likeness (QED) is 0.837. The molecule has 0 aliphatic carbocycles. The Hall–Kier alpha value is -0.420. The van der Waals surface area contributed by atoms with Crippen LogP contribution in [0, 0.1) is 0 Å². The van der Waals surface area contributed by atoms with Gasteiger partial charge in [-0.15, -0.1) is 11.3 Å². The third kappa shape index (κ3) is 3.28. The predicted molar refractivity (Wildman–Crippen MR) is 67.6 cm³/mol.